The standard InChI is InChI=1S/C11H14FN3O3/c1-4-13-9-5-7(11(16)14(2)3)10(15(17)18)6-8(9)12/h5-6,13H,4H2,1-3H3. The fourth-order valence-electron chi connectivity index (χ4n) is 1.45. The maximum Gasteiger partial charge on any atom is 0.285 e. The number of carbonyl (C=O) groups is 1. The van der Waals surface area contributed by atoms with E-state index in [0.717, 1.165) is 6.07 Å². The van der Waals surface area contributed by atoms with E-state index in [1.54, 1.807) is 6.92 Å². The molecule has 18 heavy (non-hydrogen) atoms. The highest BCUT2D eigenvalue weighted by Gasteiger charge is 2.24. The Hall–Kier alpha value is -2.18. The van der Waals surface area contributed by atoms with Gasteiger partial charge >= 0.3 is 0 Å². The van der Waals surface area contributed by atoms with E-state index < -0.39 is 22.3 Å². The van der Waals surface area contributed by atoms with Gasteiger partial charge in [-0.3, -0.25) is 14.9 Å². The molecule has 0 heterocycles. The van der Waals surface area contributed by atoms with Crippen LogP contribution in [0.25, 0.3) is 0 Å². The zero-order valence-corrected chi connectivity index (χ0v) is 10.4. The molecule has 0 bridgehead atoms. The molecule has 0 fully saturated rings. The number of amides is 1. The monoisotopic (exact) mass is 255 g/mol. The van der Waals surface area contributed by atoms with E-state index in [0.29, 0.717) is 6.54 Å². The Labute approximate surface area is 104 Å². The zero-order chi connectivity index (χ0) is 13.9. The Morgan fingerprint density at radius 1 is 1.50 bits per heavy atom. The van der Waals surface area contributed by atoms with Gasteiger partial charge in [0.2, 0.25) is 0 Å². The van der Waals surface area contributed by atoms with Crippen molar-refractivity contribution in [2.45, 2.75) is 6.92 Å². The number of halogens is 1. The van der Waals surface area contributed by atoms with Gasteiger partial charge in [-0.25, -0.2) is 4.39 Å². The second-order valence-electron chi connectivity index (χ2n) is 3.84. The molecule has 0 saturated carbocycles. The van der Waals surface area contributed by atoms with Crippen LogP contribution in [-0.2, 0) is 0 Å². The molecule has 6 nitrogen and oxygen atoms in total. The Morgan fingerprint density at radius 3 is 2.56 bits per heavy atom. The summed E-state index contributed by atoms with van der Waals surface area (Å²) in [5.74, 6) is -1.29. The number of hydrogen-bond donors (Lipinski definition) is 1. The van der Waals surface area contributed by atoms with Crippen LogP contribution >= 0.6 is 0 Å². The first-order chi connectivity index (χ1) is 8.38. The summed E-state index contributed by atoms with van der Waals surface area (Å²) in [4.78, 5) is 23.1. The third-order valence-electron chi connectivity index (χ3n) is 2.29. The maximum atomic E-state index is 13.6. The highest BCUT2D eigenvalue weighted by molar-refractivity contribution is 5.98. The van der Waals surface area contributed by atoms with Crippen molar-refractivity contribution in [2.24, 2.45) is 0 Å². The van der Waals surface area contributed by atoms with Gasteiger partial charge in [0.25, 0.3) is 11.6 Å². The summed E-state index contributed by atoms with van der Waals surface area (Å²) < 4.78 is 13.6. The number of anilines is 1. The van der Waals surface area contributed by atoms with Crippen LogP contribution < -0.4 is 5.32 Å². The first-order valence-electron chi connectivity index (χ1n) is 5.32. The van der Waals surface area contributed by atoms with Crippen molar-refractivity contribution in [1.82, 2.24) is 4.90 Å². The smallest absolute Gasteiger partial charge is 0.285 e. The van der Waals surface area contributed by atoms with Gasteiger partial charge in [-0.15, -0.1) is 0 Å². The van der Waals surface area contributed by atoms with Gasteiger partial charge in [-0.05, 0) is 13.0 Å². The molecular weight excluding hydrogens is 241 g/mol. The van der Waals surface area contributed by atoms with Gasteiger partial charge in [0.1, 0.15) is 5.56 Å². The Morgan fingerprint density at radius 2 is 2.11 bits per heavy atom. The van der Waals surface area contributed by atoms with Gasteiger partial charge in [0, 0.05) is 20.6 Å². The summed E-state index contributed by atoms with van der Waals surface area (Å²) in [6, 6.07) is 1.92. The fourth-order valence-corrected chi connectivity index (χ4v) is 1.45. The summed E-state index contributed by atoms with van der Waals surface area (Å²) in [7, 11) is 2.95. The molecule has 1 rings (SSSR count). The number of hydrogen-bond acceptors (Lipinski definition) is 4. The van der Waals surface area contributed by atoms with Crippen LogP contribution in [0.3, 0.4) is 0 Å². The van der Waals surface area contributed by atoms with E-state index in [1.807, 2.05) is 0 Å². The molecule has 0 atom stereocenters. The number of nitrogens with zero attached hydrogens (tertiary/aromatic N) is 2. The largest absolute Gasteiger partial charge is 0.383 e. The molecule has 0 spiro atoms. The molecule has 0 aliphatic carbocycles. The van der Waals surface area contributed by atoms with Gasteiger partial charge in [-0.2, -0.15) is 0 Å². The molecule has 0 radical (unpaired) electrons. The molecule has 0 aromatic heterocycles. The summed E-state index contributed by atoms with van der Waals surface area (Å²) >= 11 is 0. The lowest BCUT2D eigenvalue weighted by atomic mass is 10.1. The van der Waals surface area contributed by atoms with Crippen LogP contribution in [0, 0.1) is 15.9 Å². The second kappa shape index (κ2) is 5.44. The average Bonchev–Trinajstić information content (AvgIpc) is 2.30. The number of carbonyl (C=O) groups excluding carboxylic acids is 1. The highest BCUT2D eigenvalue weighted by atomic mass is 19.1. The highest BCUT2D eigenvalue weighted by Crippen LogP contribution is 2.26. The summed E-state index contributed by atoms with van der Waals surface area (Å²) in [6.07, 6.45) is 0. The minimum absolute atomic E-state index is 0.0771. The van der Waals surface area contributed by atoms with Crippen LogP contribution in [0.4, 0.5) is 15.8 Å². The Balaban J connectivity index is 3.39. The van der Waals surface area contributed by atoms with Crippen molar-refractivity contribution in [2.75, 3.05) is 26.0 Å². The van der Waals surface area contributed by atoms with Crippen molar-refractivity contribution in [3.8, 4) is 0 Å². The predicted octanol–water partition coefficient (Wildman–Crippen LogP) is 1.87. The van der Waals surface area contributed by atoms with Gasteiger partial charge < -0.3 is 10.2 Å². The van der Waals surface area contributed by atoms with E-state index >= 15 is 0 Å². The second-order valence-corrected chi connectivity index (χ2v) is 3.84. The van der Waals surface area contributed by atoms with Crippen LogP contribution in [0.15, 0.2) is 12.1 Å². The molecule has 1 aromatic carbocycles. The molecule has 1 amide bonds. The predicted molar refractivity (Wildman–Crippen MR) is 65.2 cm³/mol. The van der Waals surface area contributed by atoms with Crippen LogP contribution in [0.2, 0.25) is 0 Å². The minimum atomic E-state index is -0.768. The number of benzene rings is 1. The van der Waals surface area contributed by atoms with Gasteiger partial charge in [0.05, 0.1) is 16.7 Å². The lowest BCUT2D eigenvalue weighted by molar-refractivity contribution is -0.385. The molecule has 0 unspecified atom stereocenters. The quantitative estimate of drug-likeness (QED) is 0.658. The summed E-state index contributed by atoms with van der Waals surface area (Å²) in [5.41, 5.74) is -0.594. The topological polar surface area (TPSA) is 75.5 Å². The van der Waals surface area contributed by atoms with Crippen LogP contribution in [-0.4, -0.2) is 36.4 Å². The molecule has 0 aliphatic rings. The minimum Gasteiger partial charge on any atom is -0.383 e. The molecule has 1 aromatic rings. The van der Waals surface area contributed by atoms with Crippen LogP contribution in [0.5, 0.6) is 0 Å². The Kier molecular flexibility index (Phi) is 4.19. The molecule has 1 N–H and O–H groups in total. The third-order valence-corrected chi connectivity index (χ3v) is 2.29. The first kappa shape index (κ1) is 13.9. The lowest BCUT2D eigenvalue weighted by Crippen LogP contribution is -2.23. The zero-order valence-electron chi connectivity index (χ0n) is 10.4. The van der Waals surface area contributed by atoms with Gasteiger partial charge in [0.15, 0.2) is 5.82 Å². The van der Waals surface area contributed by atoms with E-state index in [1.165, 1.54) is 25.1 Å². The van der Waals surface area contributed by atoms with E-state index in [9.17, 15) is 19.3 Å². The van der Waals surface area contributed by atoms with Crippen molar-refractivity contribution < 1.29 is 14.1 Å². The molecule has 7 heteroatoms. The number of nitrogens with one attached hydrogen (secondary N) is 1. The third kappa shape index (κ3) is 2.73. The SMILES string of the molecule is CCNc1cc(C(=O)N(C)C)c([N+](=O)[O-])cc1F. The normalized spacial score (nSPS) is 10.0. The van der Waals surface area contributed by atoms with Gasteiger partial charge in [-0.1, -0.05) is 0 Å². The summed E-state index contributed by atoms with van der Waals surface area (Å²) in [5, 5.41) is 13.5. The summed E-state index contributed by atoms with van der Waals surface area (Å²) in [6.45, 7) is 2.21. The first-order valence-corrected chi connectivity index (χ1v) is 5.32. The van der Waals surface area contributed by atoms with Crippen molar-refractivity contribution >= 4 is 17.3 Å². The average molecular weight is 255 g/mol. The fraction of sp³-hybridized carbons (Fsp3) is 0.364. The molecule has 98 valence electrons. The van der Waals surface area contributed by atoms with Crippen molar-refractivity contribution in [3.63, 3.8) is 0 Å². The number of rotatable bonds is 4. The molecular formula is C11H14FN3O3. The Bertz CT molecular complexity index is 489. The van der Waals surface area contributed by atoms with E-state index in [2.05, 4.69) is 5.32 Å². The van der Waals surface area contributed by atoms with Crippen molar-refractivity contribution in [3.05, 3.63) is 33.6 Å². The molecule has 0 aliphatic heterocycles. The van der Waals surface area contributed by atoms with E-state index in [-0.39, 0.29) is 11.3 Å². The molecule has 0 saturated heterocycles. The van der Waals surface area contributed by atoms with E-state index in [4.69, 9.17) is 0 Å². The lowest BCUT2D eigenvalue weighted by Gasteiger charge is -2.12. The van der Waals surface area contributed by atoms with Crippen LogP contribution in [0.1, 0.15) is 17.3 Å². The number of nitro benzene ring substituents is 1. The maximum absolute atomic E-state index is 13.6. The number of nitro groups is 1. The van der Waals surface area contributed by atoms with Crippen molar-refractivity contribution in [1.29, 1.82) is 0 Å².